The lowest BCUT2D eigenvalue weighted by Crippen LogP contribution is -2.47. The Morgan fingerprint density at radius 1 is 1.20 bits per heavy atom. The second-order valence-corrected chi connectivity index (χ2v) is 6.63. The number of nitrogens with one attached hydrogen (secondary N) is 1. The van der Waals surface area contributed by atoms with Gasteiger partial charge in [0.25, 0.3) is 11.7 Å². The van der Waals surface area contributed by atoms with Gasteiger partial charge in [0.15, 0.2) is 0 Å². The molecule has 0 bridgehead atoms. The van der Waals surface area contributed by atoms with Gasteiger partial charge in [-0.1, -0.05) is 0 Å². The lowest BCUT2D eigenvalue weighted by Gasteiger charge is -2.35. The van der Waals surface area contributed by atoms with E-state index in [1.807, 2.05) is 24.8 Å². The van der Waals surface area contributed by atoms with Crippen LogP contribution in [0.4, 0.5) is 4.79 Å². The summed E-state index contributed by atoms with van der Waals surface area (Å²) in [5.41, 5.74) is 1.74. The lowest BCUT2D eigenvalue weighted by molar-refractivity contribution is 0.0654. The van der Waals surface area contributed by atoms with E-state index in [0.717, 1.165) is 30.8 Å². The smallest absolute Gasteiger partial charge is 0.317 e. The number of rotatable bonds is 2. The van der Waals surface area contributed by atoms with Crippen molar-refractivity contribution in [3.05, 3.63) is 23.3 Å². The number of carbonyl (C=O) groups is 2. The van der Waals surface area contributed by atoms with Crippen LogP contribution in [0.3, 0.4) is 0 Å². The largest absolute Gasteiger partial charge is 0.336 e. The summed E-state index contributed by atoms with van der Waals surface area (Å²) < 4.78 is 1.60. The standard InChI is InChI=1S/C16H21N7O2/c1-10-9-11(2)23-15(18-10)19-13(20-23)14(24)21-6-3-12(4-7-21)22-8-5-17-16(22)25/h9,12H,3-8H2,1-2H3,(H,17,25). The highest BCUT2D eigenvalue weighted by atomic mass is 16.2. The number of amides is 3. The highest BCUT2D eigenvalue weighted by molar-refractivity contribution is 5.91. The molecule has 0 atom stereocenters. The molecule has 9 heteroatoms. The van der Waals surface area contributed by atoms with Crippen LogP contribution in [0.5, 0.6) is 0 Å². The number of urea groups is 1. The molecule has 1 N–H and O–H groups in total. The maximum atomic E-state index is 12.7. The number of nitrogens with zero attached hydrogens (tertiary/aromatic N) is 6. The minimum atomic E-state index is -0.174. The Hall–Kier alpha value is -2.71. The normalized spacial score (nSPS) is 18.9. The van der Waals surface area contributed by atoms with E-state index in [2.05, 4.69) is 20.4 Å². The van der Waals surface area contributed by atoms with Gasteiger partial charge in [0.2, 0.25) is 5.82 Å². The molecule has 0 aliphatic carbocycles. The highest BCUT2D eigenvalue weighted by Crippen LogP contribution is 2.19. The molecule has 0 saturated carbocycles. The summed E-state index contributed by atoms with van der Waals surface area (Å²) in [6.07, 6.45) is 1.56. The molecule has 3 amide bonds. The zero-order valence-corrected chi connectivity index (χ0v) is 14.4. The molecular formula is C16H21N7O2. The van der Waals surface area contributed by atoms with Crippen molar-refractivity contribution in [2.45, 2.75) is 32.7 Å². The molecule has 0 aromatic carbocycles. The fraction of sp³-hybridized carbons (Fsp3) is 0.562. The van der Waals surface area contributed by atoms with Crippen molar-refractivity contribution in [2.24, 2.45) is 0 Å². The van der Waals surface area contributed by atoms with Gasteiger partial charge in [-0.05, 0) is 32.8 Å². The monoisotopic (exact) mass is 343 g/mol. The first kappa shape index (κ1) is 15.8. The number of aromatic nitrogens is 4. The number of aryl methyl sites for hydroxylation is 2. The molecule has 2 aromatic rings. The number of fused-ring (bicyclic) bond motifs is 1. The van der Waals surface area contributed by atoms with Crippen LogP contribution >= 0.6 is 0 Å². The first-order valence-corrected chi connectivity index (χ1v) is 8.57. The third-order valence-electron chi connectivity index (χ3n) is 4.89. The molecule has 2 aliphatic heterocycles. The molecule has 9 nitrogen and oxygen atoms in total. The quantitative estimate of drug-likeness (QED) is 0.850. The van der Waals surface area contributed by atoms with Gasteiger partial charge in [-0.25, -0.2) is 14.3 Å². The summed E-state index contributed by atoms with van der Waals surface area (Å²) in [6.45, 7) is 6.47. The molecule has 4 rings (SSSR count). The molecule has 2 aliphatic rings. The van der Waals surface area contributed by atoms with Crippen LogP contribution in [0, 0.1) is 13.8 Å². The first-order chi connectivity index (χ1) is 12.0. The van der Waals surface area contributed by atoms with E-state index >= 15 is 0 Å². The van der Waals surface area contributed by atoms with Crippen molar-refractivity contribution in [1.29, 1.82) is 0 Å². The van der Waals surface area contributed by atoms with Crippen molar-refractivity contribution < 1.29 is 9.59 Å². The second kappa shape index (κ2) is 5.98. The van der Waals surface area contributed by atoms with Crippen molar-refractivity contribution in [3.63, 3.8) is 0 Å². The molecule has 25 heavy (non-hydrogen) atoms. The Balaban J connectivity index is 1.47. The molecule has 0 spiro atoms. The third kappa shape index (κ3) is 2.79. The number of hydrogen-bond acceptors (Lipinski definition) is 5. The fourth-order valence-electron chi connectivity index (χ4n) is 3.61. The fourth-order valence-corrected chi connectivity index (χ4v) is 3.61. The van der Waals surface area contributed by atoms with Crippen LogP contribution in [0.15, 0.2) is 6.07 Å². The predicted octanol–water partition coefficient (Wildman–Crippen LogP) is 0.371. The average Bonchev–Trinajstić information content (AvgIpc) is 3.20. The van der Waals surface area contributed by atoms with Crippen LogP contribution in [-0.2, 0) is 0 Å². The van der Waals surface area contributed by atoms with E-state index in [1.54, 1.807) is 9.42 Å². The third-order valence-corrected chi connectivity index (χ3v) is 4.89. The molecule has 132 valence electrons. The van der Waals surface area contributed by atoms with E-state index in [0.29, 0.717) is 25.4 Å². The van der Waals surface area contributed by atoms with Gasteiger partial charge in [-0.15, -0.1) is 5.10 Å². The minimum Gasteiger partial charge on any atom is -0.336 e. The Morgan fingerprint density at radius 2 is 1.96 bits per heavy atom. The molecule has 0 radical (unpaired) electrons. The van der Waals surface area contributed by atoms with Gasteiger partial charge in [0.05, 0.1) is 0 Å². The number of likely N-dealkylation sites (tertiary alicyclic amines) is 1. The van der Waals surface area contributed by atoms with Crippen LogP contribution in [0.2, 0.25) is 0 Å². The van der Waals surface area contributed by atoms with E-state index in [1.165, 1.54) is 0 Å². The van der Waals surface area contributed by atoms with Crippen LogP contribution in [-0.4, -0.2) is 73.5 Å². The Bertz CT molecular complexity index is 838. The maximum Gasteiger partial charge on any atom is 0.317 e. The summed E-state index contributed by atoms with van der Waals surface area (Å²) in [6, 6.07) is 2.11. The van der Waals surface area contributed by atoms with E-state index in [4.69, 9.17) is 0 Å². The van der Waals surface area contributed by atoms with Crippen LogP contribution < -0.4 is 5.32 Å². The van der Waals surface area contributed by atoms with Crippen molar-refractivity contribution in [2.75, 3.05) is 26.2 Å². The first-order valence-electron chi connectivity index (χ1n) is 8.57. The van der Waals surface area contributed by atoms with E-state index in [-0.39, 0.29) is 23.8 Å². The molecule has 0 unspecified atom stereocenters. The van der Waals surface area contributed by atoms with Gasteiger partial charge in [0.1, 0.15) is 0 Å². The van der Waals surface area contributed by atoms with Crippen LogP contribution in [0.1, 0.15) is 34.8 Å². The van der Waals surface area contributed by atoms with Gasteiger partial charge < -0.3 is 15.1 Å². The predicted molar refractivity (Wildman–Crippen MR) is 89.3 cm³/mol. The second-order valence-electron chi connectivity index (χ2n) is 6.63. The Kier molecular flexibility index (Phi) is 3.78. The minimum absolute atomic E-state index is 0.00344. The van der Waals surface area contributed by atoms with Gasteiger partial charge in [0, 0.05) is 43.6 Å². The average molecular weight is 343 g/mol. The summed E-state index contributed by atoms with van der Waals surface area (Å²) in [5, 5.41) is 7.14. The van der Waals surface area contributed by atoms with Crippen molar-refractivity contribution in [1.82, 2.24) is 34.7 Å². The topological polar surface area (TPSA) is 95.7 Å². The summed E-state index contributed by atoms with van der Waals surface area (Å²) in [4.78, 5) is 36.8. The number of piperidine rings is 1. The van der Waals surface area contributed by atoms with E-state index in [9.17, 15) is 9.59 Å². The zero-order chi connectivity index (χ0) is 17.6. The molecule has 4 heterocycles. The summed E-state index contributed by atoms with van der Waals surface area (Å²) >= 11 is 0. The molecule has 2 saturated heterocycles. The van der Waals surface area contributed by atoms with Crippen molar-refractivity contribution >= 4 is 17.7 Å². The number of hydrogen-bond donors (Lipinski definition) is 1. The Labute approximate surface area is 145 Å². The van der Waals surface area contributed by atoms with E-state index < -0.39 is 0 Å². The lowest BCUT2D eigenvalue weighted by atomic mass is 10.0. The van der Waals surface area contributed by atoms with Gasteiger partial charge >= 0.3 is 6.03 Å². The SMILES string of the molecule is Cc1cc(C)n2nc(C(=O)N3CCC(N4CCNC4=O)CC3)nc2n1. The molecule has 2 fully saturated rings. The summed E-state index contributed by atoms with van der Waals surface area (Å²) in [5.74, 6) is 0.454. The van der Waals surface area contributed by atoms with Gasteiger partial charge in [-0.3, -0.25) is 4.79 Å². The highest BCUT2D eigenvalue weighted by Gasteiger charge is 2.33. The molecular weight excluding hydrogens is 322 g/mol. The zero-order valence-electron chi connectivity index (χ0n) is 14.4. The number of carbonyl (C=O) groups excluding carboxylic acids is 2. The maximum absolute atomic E-state index is 12.7. The van der Waals surface area contributed by atoms with Crippen LogP contribution in [0.25, 0.3) is 5.78 Å². The Morgan fingerprint density at radius 3 is 2.64 bits per heavy atom. The van der Waals surface area contributed by atoms with Crippen molar-refractivity contribution in [3.8, 4) is 0 Å². The van der Waals surface area contributed by atoms with Gasteiger partial charge in [-0.2, -0.15) is 4.98 Å². The molecule has 2 aromatic heterocycles. The summed E-state index contributed by atoms with van der Waals surface area (Å²) in [7, 11) is 0.